The van der Waals surface area contributed by atoms with Crippen molar-refractivity contribution in [1.82, 2.24) is 0 Å². The highest BCUT2D eigenvalue weighted by atomic mass is 16.5. The molecule has 0 bridgehead atoms. The topological polar surface area (TPSA) is 35.5 Å². The van der Waals surface area contributed by atoms with Crippen molar-refractivity contribution >= 4 is 6.29 Å². The third kappa shape index (κ3) is 2.03. The number of rotatable bonds is 2. The lowest BCUT2D eigenvalue weighted by Gasteiger charge is -2.15. The summed E-state index contributed by atoms with van der Waals surface area (Å²) >= 11 is 0. The van der Waals surface area contributed by atoms with Crippen molar-refractivity contribution in [1.29, 1.82) is 0 Å². The Morgan fingerprint density at radius 1 is 1.25 bits per heavy atom. The molecular formula is C13H16O3. The van der Waals surface area contributed by atoms with E-state index in [1.807, 2.05) is 6.07 Å². The zero-order valence-corrected chi connectivity index (χ0v) is 9.66. The van der Waals surface area contributed by atoms with Gasteiger partial charge in [0.15, 0.2) is 11.5 Å². The molecule has 0 atom stereocenters. The molecule has 0 saturated carbocycles. The molecule has 16 heavy (non-hydrogen) atoms. The highest BCUT2D eigenvalue weighted by Gasteiger charge is 2.18. The van der Waals surface area contributed by atoms with Gasteiger partial charge in [-0.1, -0.05) is 13.8 Å². The molecule has 0 saturated heterocycles. The molecule has 1 heterocycles. The fraction of sp³-hybridized carbons (Fsp3) is 0.462. The molecule has 0 fully saturated rings. The molecule has 1 aromatic carbocycles. The summed E-state index contributed by atoms with van der Waals surface area (Å²) in [7, 11) is 0. The van der Waals surface area contributed by atoms with Gasteiger partial charge in [-0.25, -0.2) is 0 Å². The van der Waals surface area contributed by atoms with Gasteiger partial charge >= 0.3 is 0 Å². The highest BCUT2D eigenvalue weighted by molar-refractivity contribution is 5.77. The first-order chi connectivity index (χ1) is 7.72. The Labute approximate surface area is 95.4 Å². The molecule has 0 unspecified atom stereocenters. The molecule has 3 nitrogen and oxygen atoms in total. The lowest BCUT2D eigenvalue weighted by atomic mass is 9.99. The maximum atomic E-state index is 10.9. The summed E-state index contributed by atoms with van der Waals surface area (Å²) in [6.07, 6.45) is 1.73. The largest absolute Gasteiger partial charge is 0.490 e. The number of hydrogen-bond donors (Lipinski definition) is 0. The Balaban J connectivity index is 2.53. The van der Waals surface area contributed by atoms with Gasteiger partial charge in [-0.15, -0.1) is 0 Å². The van der Waals surface area contributed by atoms with E-state index < -0.39 is 0 Å². The number of hydrogen-bond acceptors (Lipinski definition) is 3. The SMILES string of the molecule is CC(C)c1cc(C=O)cc2c1OCCCO2. The minimum atomic E-state index is 0.315. The van der Waals surface area contributed by atoms with Crippen LogP contribution in [-0.4, -0.2) is 19.5 Å². The summed E-state index contributed by atoms with van der Waals surface area (Å²) in [4.78, 5) is 10.9. The summed E-state index contributed by atoms with van der Waals surface area (Å²) in [5.74, 6) is 1.82. The van der Waals surface area contributed by atoms with E-state index in [-0.39, 0.29) is 0 Å². The van der Waals surface area contributed by atoms with Crippen molar-refractivity contribution in [3.05, 3.63) is 23.3 Å². The summed E-state index contributed by atoms with van der Waals surface area (Å²) in [5.41, 5.74) is 1.69. The Morgan fingerprint density at radius 3 is 2.69 bits per heavy atom. The molecule has 1 aromatic rings. The first kappa shape index (κ1) is 11.0. The monoisotopic (exact) mass is 220 g/mol. The molecular weight excluding hydrogens is 204 g/mol. The second-order valence-corrected chi connectivity index (χ2v) is 4.26. The minimum Gasteiger partial charge on any atom is -0.490 e. The van der Waals surface area contributed by atoms with Crippen molar-refractivity contribution in [2.45, 2.75) is 26.2 Å². The smallest absolute Gasteiger partial charge is 0.164 e. The average molecular weight is 220 g/mol. The summed E-state index contributed by atoms with van der Waals surface area (Å²) in [6, 6.07) is 3.63. The van der Waals surface area contributed by atoms with Crippen molar-refractivity contribution in [2.24, 2.45) is 0 Å². The molecule has 3 heteroatoms. The van der Waals surface area contributed by atoms with Crippen LogP contribution >= 0.6 is 0 Å². The lowest BCUT2D eigenvalue weighted by Crippen LogP contribution is -2.00. The van der Waals surface area contributed by atoms with Crippen LogP contribution in [0, 0.1) is 0 Å². The van der Waals surface area contributed by atoms with Crippen LogP contribution in [0.3, 0.4) is 0 Å². The number of benzene rings is 1. The van der Waals surface area contributed by atoms with E-state index in [0.29, 0.717) is 30.4 Å². The predicted molar refractivity (Wildman–Crippen MR) is 61.5 cm³/mol. The van der Waals surface area contributed by atoms with Gasteiger partial charge in [0.1, 0.15) is 6.29 Å². The zero-order valence-electron chi connectivity index (χ0n) is 9.66. The lowest BCUT2D eigenvalue weighted by molar-refractivity contribution is 0.112. The molecule has 1 aliphatic heterocycles. The molecule has 0 aromatic heterocycles. The number of carbonyl (C=O) groups excluding carboxylic acids is 1. The predicted octanol–water partition coefficient (Wildman–Crippen LogP) is 2.78. The van der Waals surface area contributed by atoms with Crippen molar-refractivity contribution in [3.8, 4) is 11.5 Å². The van der Waals surface area contributed by atoms with Crippen LogP contribution in [0.1, 0.15) is 42.1 Å². The van der Waals surface area contributed by atoms with Crippen LogP contribution in [0.5, 0.6) is 11.5 Å². The summed E-state index contributed by atoms with van der Waals surface area (Å²) in [5, 5.41) is 0. The first-order valence-corrected chi connectivity index (χ1v) is 5.61. The van der Waals surface area contributed by atoms with Gasteiger partial charge in [-0.05, 0) is 18.1 Å². The second kappa shape index (κ2) is 4.56. The van der Waals surface area contributed by atoms with Crippen LogP contribution in [0.25, 0.3) is 0 Å². The third-order valence-corrected chi connectivity index (χ3v) is 2.66. The Kier molecular flexibility index (Phi) is 3.13. The van der Waals surface area contributed by atoms with Gasteiger partial charge in [-0.3, -0.25) is 4.79 Å². The van der Waals surface area contributed by atoms with E-state index in [1.165, 1.54) is 0 Å². The highest BCUT2D eigenvalue weighted by Crippen LogP contribution is 2.38. The van der Waals surface area contributed by atoms with E-state index >= 15 is 0 Å². The molecule has 0 spiro atoms. The first-order valence-electron chi connectivity index (χ1n) is 5.61. The average Bonchev–Trinajstić information content (AvgIpc) is 2.52. The summed E-state index contributed by atoms with van der Waals surface area (Å²) in [6.45, 7) is 5.48. The van der Waals surface area contributed by atoms with E-state index in [2.05, 4.69) is 13.8 Å². The molecule has 0 amide bonds. The molecule has 2 rings (SSSR count). The second-order valence-electron chi connectivity index (χ2n) is 4.26. The number of fused-ring (bicyclic) bond motifs is 1. The van der Waals surface area contributed by atoms with E-state index in [1.54, 1.807) is 6.07 Å². The van der Waals surface area contributed by atoms with Gasteiger partial charge in [0.05, 0.1) is 13.2 Å². The molecule has 86 valence electrons. The minimum absolute atomic E-state index is 0.315. The van der Waals surface area contributed by atoms with Crippen LogP contribution < -0.4 is 9.47 Å². The van der Waals surface area contributed by atoms with Gasteiger partial charge < -0.3 is 9.47 Å². The summed E-state index contributed by atoms with van der Waals surface area (Å²) < 4.78 is 11.3. The van der Waals surface area contributed by atoms with E-state index in [0.717, 1.165) is 24.0 Å². The van der Waals surface area contributed by atoms with Crippen LogP contribution in [0.15, 0.2) is 12.1 Å². The number of ether oxygens (including phenoxy) is 2. The van der Waals surface area contributed by atoms with E-state index in [4.69, 9.17) is 9.47 Å². The zero-order chi connectivity index (χ0) is 11.5. The van der Waals surface area contributed by atoms with Gasteiger partial charge in [0.2, 0.25) is 0 Å². The fourth-order valence-electron chi connectivity index (χ4n) is 1.82. The molecule has 0 N–H and O–H groups in total. The third-order valence-electron chi connectivity index (χ3n) is 2.66. The fourth-order valence-corrected chi connectivity index (χ4v) is 1.82. The number of aldehydes is 1. The maximum absolute atomic E-state index is 10.9. The Morgan fingerprint density at radius 2 is 2.00 bits per heavy atom. The number of carbonyl (C=O) groups is 1. The van der Waals surface area contributed by atoms with Gasteiger partial charge in [0.25, 0.3) is 0 Å². The molecule has 0 aliphatic carbocycles. The van der Waals surface area contributed by atoms with Gasteiger partial charge in [-0.2, -0.15) is 0 Å². The van der Waals surface area contributed by atoms with Crippen LogP contribution in [0.2, 0.25) is 0 Å². The molecule has 1 aliphatic rings. The van der Waals surface area contributed by atoms with Crippen LogP contribution in [0.4, 0.5) is 0 Å². The van der Waals surface area contributed by atoms with E-state index in [9.17, 15) is 4.79 Å². The molecule has 0 radical (unpaired) electrons. The van der Waals surface area contributed by atoms with Gasteiger partial charge in [0, 0.05) is 17.5 Å². The van der Waals surface area contributed by atoms with Crippen molar-refractivity contribution < 1.29 is 14.3 Å². The quantitative estimate of drug-likeness (QED) is 0.719. The Bertz CT molecular complexity index is 396. The normalized spacial score (nSPS) is 14.7. The van der Waals surface area contributed by atoms with Crippen molar-refractivity contribution in [2.75, 3.05) is 13.2 Å². The standard InChI is InChI=1S/C13H16O3/c1-9(2)11-6-10(8-14)7-12-13(11)16-5-3-4-15-12/h6-9H,3-5H2,1-2H3. The maximum Gasteiger partial charge on any atom is 0.164 e. The van der Waals surface area contributed by atoms with Crippen molar-refractivity contribution in [3.63, 3.8) is 0 Å². The van der Waals surface area contributed by atoms with Crippen LogP contribution in [-0.2, 0) is 0 Å². The Hall–Kier alpha value is -1.51.